The van der Waals surface area contributed by atoms with Crippen molar-refractivity contribution in [2.45, 2.75) is 37.8 Å². The molecular formula is C18H22N2O5S. The third-order valence-electron chi connectivity index (χ3n) is 4.60. The molecule has 140 valence electrons. The fourth-order valence-electron chi connectivity index (χ4n) is 3.36. The fourth-order valence-corrected chi connectivity index (χ4v) is 4.12. The molecule has 0 spiro atoms. The summed E-state index contributed by atoms with van der Waals surface area (Å²) >= 11 is 1.03. The van der Waals surface area contributed by atoms with Gasteiger partial charge in [0.25, 0.3) is 11.1 Å². The van der Waals surface area contributed by atoms with E-state index in [2.05, 4.69) is 5.32 Å². The van der Waals surface area contributed by atoms with E-state index in [1.807, 2.05) is 0 Å². The topological polar surface area (TPSA) is 84.9 Å². The summed E-state index contributed by atoms with van der Waals surface area (Å²) in [4.78, 5) is 37.7. The van der Waals surface area contributed by atoms with Gasteiger partial charge < -0.3 is 14.8 Å². The molecule has 1 aliphatic heterocycles. The normalized spacial score (nSPS) is 23.0. The lowest BCUT2D eigenvalue weighted by Gasteiger charge is -2.36. The molecule has 1 saturated carbocycles. The molecule has 1 heterocycles. The number of hydrogen-bond acceptors (Lipinski definition) is 6. The molecule has 3 amide bonds. The van der Waals surface area contributed by atoms with Crippen molar-refractivity contribution < 1.29 is 23.9 Å². The van der Waals surface area contributed by atoms with E-state index >= 15 is 0 Å². The summed E-state index contributed by atoms with van der Waals surface area (Å²) in [5.74, 6) is 0.949. The van der Waals surface area contributed by atoms with Gasteiger partial charge in [-0.25, -0.2) is 0 Å². The Bertz CT molecular complexity index is 680. The van der Waals surface area contributed by atoms with E-state index in [4.69, 9.17) is 9.47 Å². The molecule has 1 aromatic carbocycles. The molecular weight excluding hydrogens is 356 g/mol. The van der Waals surface area contributed by atoms with Crippen LogP contribution in [0.5, 0.6) is 11.5 Å². The first-order valence-electron chi connectivity index (χ1n) is 8.63. The number of nitrogens with zero attached hydrogens (tertiary/aromatic N) is 1. The van der Waals surface area contributed by atoms with Crippen molar-refractivity contribution in [2.24, 2.45) is 0 Å². The van der Waals surface area contributed by atoms with Crippen LogP contribution < -0.4 is 14.8 Å². The number of ether oxygens (including phenoxy) is 2. The molecule has 1 aromatic rings. The molecule has 1 N–H and O–H groups in total. The number of carbonyl (C=O) groups excluding carboxylic acids is 3. The molecule has 0 bridgehead atoms. The highest BCUT2D eigenvalue weighted by molar-refractivity contribution is 8.14. The Labute approximate surface area is 156 Å². The van der Waals surface area contributed by atoms with Crippen LogP contribution in [0.15, 0.2) is 24.3 Å². The number of imide groups is 1. The second-order valence-electron chi connectivity index (χ2n) is 6.31. The number of rotatable bonds is 6. The van der Waals surface area contributed by atoms with Gasteiger partial charge in [0.15, 0.2) is 6.61 Å². The van der Waals surface area contributed by atoms with Gasteiger partial charge in [-0.1, -0.05) is 30.7 Å². The summed E-state index contributed by atoms with van der Waals surface area (Å²) in [7, 11) is 1.56. The summed E-state index contributed by atoms with van der Waals surface area (Å²) < 4.78 is 10.6. The molecule has 0 aromatic heterocycles. The van der Waals surface area contributed by atoms with E-state index in [-0.39, 0.29) is 41.5 Å². The number of benzene rings is 1. The molecule has 1 aliphatic carbocycles. The minimum Gasteiger partial charge on any atom is -0.497 e. The number of amides is 3. The highest BCUT2D eigenvalue weighted by Crippen LogP contribution is 2.30. The Morgan fingerprint density at radius 1 is 1.27 bits per heavy atom. The zero-order valence-electron chi connectivity index (χ0n) is 14.6. The maximum Gasteiger partial charge on any atom is 0.289 e. The summed E-state index contributed by atoms with van der Waals surface area (Å²) in [5.41, 5.74) is 0. The van der Waals surface area contributed by atoms with E-state index in [0.717, 1.165) is 37.4 Å². The highest BCUT2D eigenvalue weighted by Gasteiger charge is 2.41. The van der Waals surface area contributed by atoms with E-state index in [1.54, 1.807) is 31.4 Å². The third kappa shape index (κ3) is 4.30. The van der Waals surface area contributed by atoms with E-state index in [1.165, 1.54) is 4.90 Å². The lowest BCUT2D eigenvalue weighted by atomic mass is 9.89. The van der Waals surface area contributed by atoms with Crippen LogP contribution >= 0.6 is 11.8 Å². The Morgan fingerprint density at radius 3 is 2.77 bits per heavy atom. The molecule has 26 heavy (non-hydrogen) atoms. The summed E-state index contributed by atoms with van der Waals surface area (Å²) in [5, 5.41) is 2.72. The standard InChI is InChI=1S/C18H22N2O5S/c1-24-12-5-4-6-13(9-12)25-10-16(21)19-14-7-2-3-8-15(14)20-17(22)11-26-18(20)23/h4-6,9,14-15H,2-3,7-8,10-11H2,1H3,(H,19,21). The van der Waals surface area contributed by atoms with Crippen LogP contribution in [-0.4, -0.2) is 53.5 Å². The van der Waals surface area contributed by atoms with Crippen LogP contribution in [0.1, 0.15) is 25.7 Å². The zero-order chi connectivity index (χ0) is 18.5. The predicted octanol–water partition coefficient (Wildman–Crippen LogP) is 2.20. The monoisotopic (exact) mass is 378 g/mol. The van der Waals surface area contributed by atoms with Gasteiger partial charge >= 0.3 is 0 Å². The van der Waals surface area contributed by atoms with Crippen molar-refractivity contribution in [1.29, 1.82) is 0 Å². The van der Waals surface area contributed by atoms with Crippen LogP contribution in [0.2, 0.25) is 0 Å². The molecule has 0 radical (unpaired) electrons. The molecule has 8 heteroatoms. The average Bonchev–Trinajstić information content (AvgIpc) is 2.99. The van der Waals surface area contributed by atoms with E-state index < -0.39 is 0 Å². The average molecular weight is 378 g/mol. The number of nitrogens with one attached hydrogen (secondary N) is 1. The molecule has 7 nitrogen and oxygen atoms in total. The fraction of sp³-hybridized carbons (Fsp3) is 0.500. The second-order valence-corrected chi connectivity index (χ2v) is 7.24. The molecule has 3 rings (SSSR count). The van der Waals surface area contributed by atoms with Crippen molar-refractivity contribution in [3.8, 4) is 11.5 Å². The zero-order valence-corrected chi connectivity index (χ0v) is 15.4. The van der Waals surface area contributed by atoms with Crippen LogP contribution in [-0.2, 0) is 9.59 Å². The number of hydrogen-bond donors (Lipinski definition) is 1. The van der Waals surface area contributed by atoms with Crippen molar-refractivity contribution in [3.05, 3.63) is 24.3 Å². The van der Waals surface area contributed by atoms with Crippen molar-refractivity contribution in [1.82, 2.24) is 10.2 Å². The summed E-state index contributed by atoms with van der Waals surface area (Å²) in [6.45, 7) is -0.132. The quantitative estimate of drug-likeness (QED) is 0.817. The van der Waals surface area contributed by atoms with Crippen LogP contribution in [0.3, 0.4) is 0 Å². The Balaban J connectivity index is 1.57. The largest absolute Gasteiger partial charge is 0.497 e. The van der Waals surface area contributed by atoms with Gasteiger partial charge in [-0.3, -0.25) is 19.3 Å². The highest BCUT2D eigenvalue weighted by atomic mass is 32.2. The molecule has 2 unspecified atom stereocenters. The summed E-state index contributed by atoms with van der Waals surface area (Å²) in [6.07, 6.45) is 3.37. The van der Waals surface area contributed by atoms with Crippen LogP contribution in [0, 0.1) is 0 Å². The maximum absolute atomic E-state index is 12.3. The van der Waals surface area contributed by atoms with E-state index in [0.29, 0.717) is 11.5 Å². The number of carbonyl (C=O) groups is 3. The Morgan fingerprint density at radius 2 is 2.04 bits per heavy atom. The van der Waals surface area contributed by atoms with Gasteiger partial charge in [-0.2, -0.15) is 0 Å². The van der Waals surface area contributed by atoms with Crippen molar-refractivity contribution in [3.63, 3.8) is 0 Å². The first-order chi connectivity index (χ1) is 12.6. The van der Waals surface area contributed by atoms with Crippen molar-refractivity contribution >= 4 is 28.8 Å². The van der Waals surface area contributed by atoms with Gasteiger partial charge in [0, 0.05) is 12.1 Å². The Kier molecular flexibility index (Phi) is 6.03. The van der Waals surface area contributed by atoms with Crippen LogP contribution in [0.25, 0.3) is 0 Å². The first kappa shape index (κ1) is 18.6. The number of methoxy groups -OCH3 is 1. The first-order valence-corrected chi connectivity index (χ1v) is 9.62. The SMILES string of the molecule is COc1cccc(OCC(=O)NC2CCCCC2N2C(=O)CSC2=O)c1. The second kappa shape index (κ2) is 8.44. The molecule has 2 aliphatic rings. The van der Waals surface area contributed by atoms with Gasteiger partial charge in [-0.05, 0) is 25.0 Å². The smallest absolute Gasteiger partial charge is 0.289 e. The van der Waals surface area contributed by atoms with Gasteiger partial charge in [0.1, 0.15) is 11.5 Å². The van der Waals surface area contributed by atoms with Gasteiger partial charge in [0.2, 0.25) is 5.91 Å². The van der Waals surface area contributed by atoms with E-state index in [9.17, 15) is 14.4 Å². The molecule has 2 atom stereocenters. The molecule has 1 saturated heterocycles. The number of thioether (sulfide) groups is 1. The minimum absolute atomic E-state index is 0.132. The van der Waals surface area contributed by atoms with Crippen molar-refractivity contribution in [2.75, 3.05) is 19.5 Å². The molecule has 2 fully saturated rings. The van der Waals surface area contributed by atoms with Crippen LogP contribution in [0.4, 0.5) is 4.79 Å². The minimum atomic E-state index is -0.267. The third-order valence-corrected chi connectivity index (χ3v) is 5.44. The van der Waals surface area contributed by atoms with Gasteiger partial charge in [-0.15, -0.1) is 0 Å². The maximum atomic E-state index is 12.3. The van der Waals surface area contributed by atoms with Gasteiger partial charge in [0.05, 0.1) is 18.9 Å². The Hall–Kier alpha value is -2.22. The predicted molar refractivity (Wildman–Crippen MR) is 97.4 cm³/mol. The summed E-state index contributed by atoms with van der Waals surface area (Å²) in [6, 6.07) is 6.54. The lowest BCUT2D eigenvalue weighted by molar-refractivity contribution is -0.129. The lowest BCUT2D eigenvalue weighted by Crippen LogP contribution is -2.55.